The van der Waals surface area contributed by atoms with Crippen molar-refractivity contribution in [3.63, 3.8) is 0 Å². The van der Waals surface area contributed by atoms with Crippen molar-refractivity contribution >= 4 is 44.1 Å². The number of benzene rings is 2. The van der Waals surface area contributed by atoms with Gasteiger partial charge in [0.2, 0.25) is 0 Å². The van der Waals surface area contributed by atoms with Gasteiger partial charge in [-0.1, -0.05) is 11.3 Å². The highest BCUT2D eigenvalue weighted by Crippen LogP contribution is 2.37. The van der Waals surface area contributed by atoms with Crippen LogP contribution < -0.4 is 14.5 Å². The number of hydrogen-bond donors (Lipinski definition) is 0. The molecule has 3 heterocycles. The number of carbonyl (C=O) groups excluding carboxylic acids is 1. The Bertz CT molecular complexity index is 1230. The molecule has 144 valence electrons. The molecule has 0 saturated carbocycles. The van der Waals surface area contributed by atoms with Crippen molar-refractivity contribution in [2.45, 2.75) is 0 Å². The molecule has 0 N–H and O–H groups in total. The van der Waals surface area contributed by atoms with Crippen LogP contribution in [0.15, 0.2) is 60.8 Å². The third-order valence-corrected chi connectivity index (χ3v) is 5.80. The zero-order valence-corrected chi connectivity index (χ0v) is 16.2. The number of rotatable bonds is 3. The van der Waals surface area contributed by atoms with Crippen molar-refractivity contribution in [1.82, 2.24) is 9.97 Å². The molecule has 6 nitrogen and oxygen atoms in total. The third kappa shape index (κ3) is 2.98. The van der Waals surface area contributed by atoms with Crippen LogP contribution in [0.5, 0.6) is 5.75 Å². The number of methoxy groups -OCH3 is 1. The molecule has 0 radical (unpaired) electrons. The van der Waals surface area contributed by atoms with Crippen molar-refractivity contribution < 1.29 is 13.9 Å². The van der Waals surface area contributed by atoms with Crippen LogP contribution in [-0.4, -0.2) is 29.7 Å². The maximum atomic E-state index is 13.6. The summed E-state index contributed by atoms with van der Waals surface area (Å²) in [6, 6.07) is 15.5. The van der Waals surface area contributed by atoms with E-state index in [-0.39, 0.29) is 18.4 Å². The van der Waals surface area contributed by atoms with Gasteiger partial charge < -0.3 is 9.64 Å². The topological polar surface area (TPSA) is 58.6 Å². The SMILES string of the molecule is COc1ccc(N2CN(c3nc4ccc(F)cc4s3)C(=O)c3cccnc32)cc1. The maximum Gasteiger partial charge on any atom is 0.265 e. The molecule has 0 saturated heterocycles. The van der Waals surface area contributed by atoms with Crippen LogP contribution in [0, 0.1) is 5.82 Å². The van der Waals surface area contributed by atoms with E-state index in [4.69, 9.17) is 4.74 Å². The molecule has 0 unspecified atom stereocenters. The summed E-state index contributed by atoms with van der Waals surface area (Å²) in [5, 5.41) is 0.517. The van der Waals surface area contributed by atoms with Crippen molar-refractivity contribution in [1.29, 1.82) is 0 Å². The number of anilines is 3. The second-order valence-corrected chi connectivity index (χ2v) is 7.49. The smallest absolute Gasteiger partial charge is 0.265 e. The van der Waals surface area contributed by atoms with Crippen LogP contribution in [0.2, 0.25) is 0 Å². The number of nitrogens with zero attached hydrogens (tertiary/aromatic N) is 4. The number of halogens is 1. The van der Waals surface area contributed by atoms with Crippen LogP contribution in [-0.2, 0) is 0 Å². The van der Waals surface area contributed by atoms with Gasteiger partial charge in [-0.05, 0) is 54.6 Å². The van der Waals surface area contributed by atoms with Gasteiger partial charge in [0.25, 0.3) is 5.91 Å². The fraction of sp³-hybridized carbons (Fsp3) is 0.0952. The van der Waals surface area contributed by atoms with Crippen molar-refractivity contribution in [3.8, 4) is 5.75 Å². The van der Waals surface area contributed by atoms with Crippen LogP contribution in [0.25, 0.3) is 10.2 Å². The van der Waals surface area contributed by atoms with E-state index in [1.165, 1.54) is 23.5 Å². The largest absolute Gasteiger partial charge is 0.497 e. The van der Waals surface area contributed by atoms with Gasteiger partial charge in [-0.2, -0.15) is 0 Å². The molecule has 1 aliphatic heterocycles. The minimum Gasteiger partial charge on any atom is -0.497 e. The molecule has 2 aromatic carbocycles. The van der Waals surface area contributed by atoms with Gasteiger partial charge in [-0.15, -0.1) is 0 Å². The van der Waals surface area contributed by atoms with Gasteiger partial charge >= 0.3 is 0 Å². The van der Waals surface area contributed by atoms with E-state index in [0.29, 0.717) is 26.7 Å². The molecule has 0 spiro atoms. The quantitative estimate of drug-likeness (QED) is 0.498. The van der Waals surface area contributed by atoms with Crippen LogP contribution in [0.3, 0.4) is 0 Å². The van der Waals surface area contributed by atoms with Crippen molar-refractivity contribution in [2.24, 2.45) is 0 Å². The number of pyridine rings is 1. The molecule has 5 rings (SSSR count). The predicted molar refractivity (Wildman–Crippen MR) is 111 cm³/mol. The van der Waals surface area contributed by atoms with E-state index in [1.54, 1.807) is 36.4 Å². The van der Waals surface area contributed by atoms with Crippen LogP contribution in [0.4, 0.5) is 21.0 Å². The number of thiazole rings is 1. The van der Waals surface area contributed by atoms with Gasteiger partial charge in [-0.25, -0.2) is 14.4 Å². The van der Waals surface area contributed by atoms with Gasteiger partial charge in [-0.3, -0.25) is 9.69 Å². The Labute approximate surface area is 169 Å². The number of ether oxygens (including phenoxy) is 1. The average molecular weight is 406 g/mol. The summed E-state index contributed by atoms with van der Waals surface area (Å²) in [6.45, 7) is 0.247. The number of fused-ring (bicyclic) bond motifs is 2. The summed E-state index contributed by atoms with van der Waals surface area (Å²) in [7, 11) is 1.61. The lowest BCUT2D eigenvalue weighted by Crippen LogP contribution is -2.45. The molecular formula is C21H15FN4O2S. The highest BCUT2D eigenvalue weighted by Gasteiger charge is 2.33. The van der Waals surface area contributed by atoms with E-state index in [0.717, 1.165) is 11.4 Å². The average Bonchev–Trinajstić information content (AvgIpc) is 3.17. The molecule has 1 amide bonds. The fourth-order valence-corrected chi connectivity index (χ4v) is 4.29. The second-order valence-electron chi connectivity index (χ2n) is 6.48. The van der Waals surface area contributed by atoms with Crippen molar-refractivity contribution in [3.05, 3.63) is 72.2 Å². The number of carbonyl (C=O) groups is 1. The third-order valence-electron chi connectivity index (χ3n) is 4.75. The van der Waals surface area contributed by atoms with E-state index >= 15 is 0 Å². The Hall–Kier alpha value is -3.52. The first-order valence-corrected chi connectivity index (χ1v) is 9.70. The molecule has 4 aromatic rings. The summed E-state index contributed by atoms with van der Waals surface area (Å²) in [4.78, 5) is 25.7. The van der Waals surface area contributed by atoms with E-state index < -0.39 is 0 Å². The first kappa shape index (κ1) is 17.6. The lowest BCUT2D eigenvalue weighted by atomic mass is 10.1. The van der Waals surface area contributed by atoms with Crippen molar-refractivity contribution in [2.75, 3.05) is 23.6 Å². The monoisotopic (exact) mass is 406 g/mol. The normalized spacial score (nSPS) is 13.7. The fourth-order valence-electron chi connectivity index (χ4n) is 3.31. The zero-order valence-electron chi connectivity index (χ0n) is 15.4. The van der Waals surface area contributed by atoms with Gasteiger partial charge in [0.05, 0.1) is 22.9 Å². The molecule has 0 bridgehead atoms. The van der Waals surface area contributed by atoms with E-state index in [2.05, 4.69) is 9.97 Å². The zero-order chi connectivity index (χ0) is 20.0. The molecule has 29 heavy (non-hydrogen) atoms. The summed E-state index contributed by atoms with van der Waals surface area (Å²) >= 11 is 1.29. The molecule has 2 aromatic heterocycles. The molecule has 1 aliphatic rings. The standard InChI is InChI=1S/C21H15FN4O2S/c1-28-15-7-5-14(6-8-15)25-12-26(20(27)16-3-2-10-23-19(16)25)21-24-17-9-4-13(22)11-18(17)29-21/h2-11H,12H2,1H3. The Morgan fingerprint density at radius 1 is 1.10 bits per heavy atom. The van der Waals surface area contributed by atoms with E-state index in [9.17, 15) is 9.18 Å². The van der Waals surface area contributed by atoms with Crippen LogP contribution in [0.1, 0.15) is 10.4 Å². The summed E-state index contributed by atoms with van der Waals surface area (Å²) in [6.07, 6.45) is 1.67. The summed E-state index contributed by atoms with van der Waals surface area (Å²) in [5.74, 6) is 0.823. The minimum atomic E-state index is -0.327. The first-order chi connectivity index (χ1) is 14.1. The predicted octanol–water partition coefficient (Wildman–Crippen LogP) is 4.60. The van der Waals surface area contributed by atoms with E-state index in [1.807, 2.05) is 29.2 Å². The molecular weight excluding hydrogens is 391 g/mol. The molecule has 0 aliphatic carbocycles. The Morgan fingerprint density at radius 2 is 1.93 bits per heavy atom. The molecule has 0 atom stereocenters. The minimum absolute atomic E-state index is 0.183. The lowest BCUT2D eigenvalue weighted by molar-refractivity contribution is 0.0983. The second kappa shape index (κ2) is 6.82. The van der Waals surface area contributed by atoms with Gasteiger partial charge in [0.1, 0.15) is 24.1 Å². The Kier molecular flexibility index (Phi) is 4.13. The number of amides is 1. The Morgan fingerprint density at radius 3 is 2.72 bits per heavy atom. The highest BCUT2D eigenvalue weighted by molar-refractivity contribution is 7.22. The highest BCUT2D eigenvalue weighted by atomic mass is 32.1. The van der Waals surface area contributed by atoms with Crippen LogP contribution >= 0.6 is 11.3 Å². The Balaban J connectivity index is 1.60. The summed E-state index contributed by atoms with van der Waals surface area (Å²) in [5.41, 5.74) is 2.02. The van der Waals surface area contributed by atoms with Gasteiger partial charge in [0, 0.05) is 11.9 Å². The lowest BCUT2D eigenvalue weighted by Gasteiger charge is -2.35. The molecule has 0 fully saturated rings. The first-order valence-electron chi connectivity index (χ1n) is 8.88. The number of hydrogen-bond acceptors (Lipinski definition) is 6. The summed E-state index contributed by atoms with van der Waals surface area (Å²) < 4.78 is 19.5. The molecule has 8 heteroatoms. The number of aromatic nitrogens is 2. The van der Waals surface area contributed by atoms with Gasteiger partial charge in [0.15, 0.2) is 5.13 Å². The maximum absolute atomic E-state index is 13.6.